The van der Waals surface area contributed by atoms with Gasteiger partial charge in [-0.25, -0.2) is 4.79 Å². The first-order valence-electron chi connectivity index (χ1n) is 5.26. The van der Waals surface area contributed by atoms with E-state index in [0.717, 1.165) is 17.5 Å². The summed E-state index contributed by atoms with van der Waals surface area (Å²) in [7, 11) is 0. The van der Waals surface area contributed by atoms with Crippen LogP contribution in [0.5, 0.6) is 0 Å². The van der Waals surface area contributed by atoms with Crippen LogP contribution in [0.4, 0.5) is 0 Å². The van der Waals surface area contributed by atoms with Crippen LogP contribution in [0.3, 0.4) is 0 Å². The molecule has 2 nitrogen and oxygen atoms in total. The van der Waals surface area contributed by atoms with Crippen molar-refractivity contribution in [2.24, 2.45) is 0 Å². The fourth-order valence-corrected chi connectivity index (χ4v) is 1.93. The Morgan fingerprint density at radius 1 is 1.06 bits per heavy atom. The van der Waals surface area contributed by atoms with Crippen molar-refractivity contribution in [1.82, 2.24) is 0 Å². The zero-order chi connectivity index (χ0) is 12.3. The van der Waals surface area contributed by atoms with E-state index < -0.39 is 5.97 Å². The van der Waals surface area contributed by atoms with Gasteiger partial charge in [-0.3, -0.25) is 0 Å². The second-order valence-corrected chi connectivity index (χ2v) is 4.30. The van der Waals surface area contributed by atoms with E-state index in [9.17, 15) is 4.79 Å². The second-order valence-electron chi connectivity index (χ2n) is 3.82. The minimum Gasteiger partial charge on any atom is -0.478 e. The van der Waals surface area contributed by atoms with Crippen molar-refractivity contribution in [1.29, 1.82) is 0 Å². The quantitative estimate of drug-likeness (QED) is 0.813. The van der Waals surface area contributed by atoms with Crippen molar-refractivity contribution in [3.8, 4) is 0 Å². The maximum absolute atomic E-state index is 11.0. The van der Waals surface area contributed by atoms with E-state index in [4.69, 9.17) is 5.11 Å². The first-order chi connectivity index (χ1) is 8.16. The molecular formula is C14H12O2S. The average molecular weight is 244 g/mol. The number of hydrogen-bond acceptors (Lipinski definition) is 2. The standard InChI is InChI=1S/C14H12O2S/c15-14(16)12-9-11(6-7-13(12)17)8-10-4-2-1-3-5-10/h1-7,9,17H,8H2,(H,15,16). The van der Waals surface area contributed by atoms with Gasteiger partial charge >= 0.3 is 5.97 Å². The van der Waals surface area contributed by atoms with E-state index in [-0.39, 0.29) is 5.56 Å². The number of thiol groups is 1. The number of benzene rings is 2. The third kappa shape index (κ3) is 2.88. The molecule has 0 spiro atoms. The summed E-state index contributed by atoms with van der Waals surface area (Å²) in [5, 5.41) is 9.01. The normalized spacial score (nSPS) is 10.2. The molecular weight excluding hydrogens is 232 g/mol. The predicted octanol–water partition coefficient (Wildman–Crippen LogP) is 3.26. The van der Waals surface area contributed by atoms with Crippen LogP contribution in [0, 0.1) is 0 Å². The predicted molar refractivity (Wildman–Crippen MR) is 69.9 cm³/mol. The summed E-state index contributed by atoms with van der Waals surface area (Å²) in [4.78, 5) is 11.5. The van der Waals surface area contributed by atoms with Crippen molar-refractivity contribution in [3.63, 3.8) is 0 Å². The molecule has 0 saturated heterocycles. The Hall–Kier alpha value is -1.74. The highest BCUT2D eigenvalue weighted by Crippen LogP contribution is 2.18. The summed E-state index contributed by atoms with van der Waals surface area (Å²) >= 11 is 4.13. The highest BCUT2D eigenvalue weighted by molar-refractivity contribution is 7.80. The second kappa shape index (κ2) is 5.06. The number of hydrogen-bond donors (Lipinski definition) is 2. The molecule has 17 heavy (non-hydrogen) atoms. The van der Waals surface area contributed by atoms with Gasteiger partial charge in [0.1, 0.15) is 0 Å². The molecule has 0 aliphatic heterocycles. The highest BCUT2D eigenvalue weighted by atomic mass is 32.1. The van der Waals surface area contributed by atoms with Crippen molar-refractivity contribution >= 4 is 18.6 Å². The van der Waals surface area contributed by atoms with E-state index in [2.05, 4.69) is 12.6 Å². The van der Waals surface area contributed by atoms with Crippen LogP contribution in [0.1, 0.15) is 21.5 Å². The lowest BCUT2D eigenvalue weighted by Gasteiger charge is -2.05. The molecule has 0 unspecified atom stereocenters. The third-order valence-electron chi connectivity index (χ3n) is 2.54. The summed E-state index contributed by atoms with van der Waals surface area (Å²) in [5.74, 6) is -0.940. The fourth-order valence-electron chi connectivity index (χ4n) is 1.70. The maximum Gasteiger partial charge on any atom is 0.336 e. The molecule has 0 heterocycles. The largest absolute Gasteiger partial charge is 0.478 e. The van der Waals surface area contributed by atoms with Crippen molar-refractivity contribution in [2.75, 3.05) is 0 Å². The number of aromatic carboxylic acids is 1. The van der Waals surface area contributed by atoms with Crippen LogP contribution in [-0.2, 0) is 6.42 Å². The van der Waals surface area contributed by atoms with Gasteiger partial charge in [-0.1, -0.05) is 36.4 Å². The Kier molecular flexibility index (Phi) is 3.49. The summed E-state index contributed by atoms with van der Waals surface area (Å²) in [5.41, 5.74) is 2.39. The molecule has 0 fully saturated rings. The van der Waals surface area contributed by atoms with E-state index in [1.165, 1.54) is 0 Å². The van der Waals surface area contributed by atoms with E-state index >= 15 is 0 Å². The molecule has 0 aliphatic rings. The molecule has 0 aliphatic carbocycles. The van der Waals surface area contributed by atoms with Gasteiger partial charge in [0.05, 0.1) is 5.56 Å². The molecule has 0 atom stereocenters. The molecule has 0 saturated carbocycles. The number of carbonyl (C=O) groups is 1. The topological polar surface area (TPSA) is 37.3 Å². The highest BCUT2D eigenvalue weighted by Gasteiger charge is 2.08. The van der Waals surface area contributed by atoms with Crippen LogP contribution < -0.4 is 0 Å². The van der Waals surface area contributed by atoms with Gasteiger partial charge in [0.2, 0.25) is 0 Å². The van der Waals surface area contributed by atoms with Gasteiger partial charge in [-0.05, 0) is 29.7 Å². The van der Waals surface area contributed by atoms with Crippen LogP contribution in [0.25, 0.3) is 0 Å². The lowest BCUT2D eigenvalue weighted by atomic mass is 10.0. The van der Waals surface area contributed by atoms with Crippen molar-refractivity contribution in [2.45, 2.75) is 11.3 Å². The Balaban J connectivity index is 2.29. The number of carboxylic acids is 1. The summed E-state index contributed by atoms with van der Waals surface area (Å²) in [6.45, 7) is 0. The van der Waals surface area contributed by atoms with Crippen LogP contribution in [0.2, 0.25) is 0 Å². The minimum atomic E-state index is -0.940. The fraction of sp³-hybridized carbons (Fsp3) is 0.0714. The molecule has 86 valence electrons. The third-order valence-corrected chi connectivity index (χ3v) is 2.93. The summed E-state index contributed by atoms with van der Waals surface area (Å²) in [6, 6.07) is 15.3. The van der Waals surface area contributed by atoms with Crippen LogP contribution in [-0.4, -0.2) is 11.1 Å². The molecule has 0 bridgehead atoms. The lowest BCUT2D eigenvalue weighted by molar-refractivity contribution is 0.0693. The zero-order valence-corrected chi connectivity index (χ0v) is 10.0. The van der Waals surface area contributed by atoms with Gasteiger partial charge in [-0.15, -0.1) is 12.6 Å². The SMILES string of the molecule is O=C(O)c1cc(Cc2ccccc2)ccc1S. The minimum absolute atomic E-state index is 0.252. The van der Waals surface area contributed by atoms with Gasteiger partial charge in [-0.2, -0.15) is 0 Å². The Morgan fingerprint density at radius 2 is 1.76 bits per heavy atom. The molecule has 0 radical (unpaired) electrons. The van der Waals surface area contributed by atoms with Crippen LogP contribution in [0.15, 0.2) is 53.4 Å². The maximum atomic E-state index is 11.0. The van der Waals surface area contributed by atoms with Crippen LogP contribution >= 0.6 is 12.6 Å². The number of carboxylic acid groups (broad SMARTS) is 1. The van der Waals surface area contributed by atoms with Crippen molar-refractivity contribution in [3.05, 3.63) is 65.2 Å². The Labute approximate surface area is 105 Å². The summed E-state index contributed by atoms with van der Waals surface area (Å²) < 4.78 is 0. The smallest absolute Gasteiger partial charge is 0.336 e. The van der Waals surface area contributed by atoms with Crippen molar-refractivity contribution < 1.29 is 9.90 Å². The molecule has 0 amide bonds. The van der Waals surface area contributed by atoms with E-state index in [1.54, 1.807) is 12.1 Å². The van der Waals surface area contributed by atoms with Gasteiger partial charge in [0.15, 0.2) is 0 Å². The lowest BCUT2D eigenvalue weighted by Crippen LogP contribution is -1.99. The monoisotopic (exact) mass is 244 g/mol. The van der Waals surface area contributed by atoms with E-state index in [1.807, 2.05) is 36.4 Å². The molecule has 1 N–H and O–H groups in total. The first kappa shape index (κ1) is 11.7. The summed E-state index contributed by atoms with van der Waals surface area (Å²) in [6.07, 6.45) is 0.731. The molecule has 2 rings (SSSR count). The zero-order valence-electron chi connectivity index (χ0n) is 9.13. The average Bonchev–Trinajstić information content (AvgIpc) is 2.32. The Bertz CT molecular complexity index is 535. The van der Waals surface area contributed by atoms with Gasteiger partial charge < -0.3 is 5.11 Å². The van der Waals surface area contributed by atoms with Gasteiger partial charge in [0.25, 0.3) is 0 Å². The molecule has 2 aromatic carbocycles. The molecule has 3 heteroatoms. The first-order valence-corrected chi connectivity index (χ1v) is 5.70. The van der Waals surface area contributed by atoms with E-state index in [0.29, 0.717) is 4.90 Å². The Morgan fingerprint density at radius 3 is 2.41 bits per heavy atom. The number of rotatable bonds is 3. The molecule has 0 aromatic heterocycles. The molecule has 2 aromatic rings. The van der Waals surface area contributed by atoms with Gasteiger partial charge in [0, 0.05) is 4.90 Å².